The molecule has 0 amide bonds. The molecule has 1 aliphatic rings. The maximum atomic E-state index is 6.22. The largest absolute Gasteiger partial charge is 0.310 e. The fraction of sp³-hybridized carbons (Fsp3) is 0.294. The van der Waals surface area contributed by atoms with E-state index in [0.29, 0.717) is 11.1 Å². The number of thioether (sulfide) groups is 1. The van der Waals surface area contributed by atoms with Crippen molar-refractivity contribution in [3.63, 3.8) is 0 Å². The molecule has 2 aromatic carbocycles. The maximum absolute atomic E-state index is 6.22. The fourth-order valence-electron chi connectivity index (χ4n) is 2.66. The summed E-state index contributed by atoms with van der Waals surface area (Å²) in [6.45, 7) is 0.922. The van der Waals surface area contributed by atoms with Gasteiger partial charge >= 0.3 is 0 Å². The van der Waals surface area contributed by atoms with E-state index in [1.165, 1.54) is 22.6 Å². The Labute approximate surface area is 140 Å². The fourth-order valence-corrected chi connectivity index (χ4v) is 4.29. The molecule has 1 unspecified atom stereocenters. The Bertz CT molecular complexity index is 630. The van der Waals surface area contributed by atoms with Crippen molar-refractivity contribution in [2.75, 3.05) is 12.3 Å². The van der Waals surface area contributed by atoms with Crippen LogP contribution in [0, 0.1) is 0 Å². The highest BCUT2D eigenvalue weighted by molar-refractivity contribution is 7.99. The van der Waals surface area contributed by atoms with Crippen LogP contribution >= 0.6 is 35.0 Å². The third kappa shape index (κ3) is 3.75. The second kappa shape index (κ2) is 7.06. The molecule has 0 fully saturated rings. The van der Waals surface area contributed by atoms with Gasteiger partial charge in [-0.25, -0.2) is 0 Å². The van der Waals surface area contributed by atoms with Crippen LogP contribution in [0.25, 0.3) is 0 Å². The summed E-state index contributed by atoms with van der Waals surface area (Å²) in [5, 5.41) is 5.11. The molecule has 110 valence electrons. The third-order valence-corrected chi connectivity index (χ3v) is 5.47. The van der Waals surface area contributed by atoms with Gasteiger partial charge in [0.2, 0.25) is 0 Å². The first-order valence-corrected chi connectivity index (χ1v) is 8.87. The zero-order valence-corrected chi connectivity index (χ0v) is 13.9. The lowest BCUT2D eigenvalue weighted by Crippen LogP contribution is -2.26. The predicted octanol–water partition coefficient (Wildman–Crippen LogP) is 5.36. The lowest BCUT2D eigenvalue weighted by molar-refractivity contribution is 0.514. The van der Waals surface area contributed by atoms with Crippen molar-refractivity contribution in [3.05, 3.63) is 63.6 Å². The topological polar surface area (TPSA) is 12.0 Å². The van der Waals surface area contributed by atoms with Gasteiger partial charge in [0.1, 0.15) is 0 Å². The SMILES string of the molecule is Clc1ccc(CCNC2CCSc3ccccc32)c(Cl)c1. The summed E-state index contributed by atoms with van der Waals surface area (Å²) in [6, 6.07) is 14.8. The highest BCUT2D eigenvalue weighted by Gasteiger charge is 2.19. The van der Waals surface area contributed by atoms with Crippen LogP contribution in [0.4, 0.5) is 0 Å². The van der Waals surface area contributed by atoms with E-state index in [-0.39, 0.29) is 0 Å². The van der Waals surface area contributed by atoms with Crippen LogP contribution in [-0.4, -0.2) is 12.3 Å². The number of halogens is 2. The second-order valence-corrected chi connectivity index (χ2v) is 7.15. The van der Waals surface area contributed by atoms with Gasteiger partial charge in [0.05, 0.1) is 0 Å². The van der Waals surface area contributed by atoms with Crippen LogP contribution in [0.15, 0.2) is 47.4 Å². The van der Waals surface area contributed by atoms with Gasteiger partial charge in [0, 0.05) is 21.0 Å². The third-order valence-electron chi connectivity index (χ3n) is 3.76. The van der Waals surface area contributed by atoms with Gasteiger partial charge in [-0.2, -0.15) is 0 Å². The molecule has 2 aromatic rings. The number of benzene rings is 2. The van der Waals surface area contributed by atoms with Gasteiger partial charge in [0.15, 0.2) is 0 Å². The van der Waals surface area contributed by atoms with Crippen molar-refractivity contribution in [2.45, 2.75) is 23.8 Å². The van der Waals surface area contributed by atoms with Crippen molar-refractivity contribution >= 4 is 35.0 Å². The summed E-state index contributed by atoms with van der Waals surface area (Å²) in [5.41, 5.74) is 2.57. The minimum absolute atomic E-state index is 0.452. The first kappa shape index (κ1) is 15.2. The van der Waals surface area contributed by atoms with E-state index in [0.717, 1.165) is 23.6 Å². The van der Waals surface area contributed by atoms with Crippen molar-refractivity contribution in [1.29, 1.82) is 0 Å². The smallest absolute Gasteiger partial charge is 0.0453 e. The lowest BCUT2D eigenvalue weighted by atomic mass is 10.0. The molecule has 0 radical (unpaired) electrons. The van der Waals surface area contributed by atoms with Crippen LogP contribution in [-0.2, 0) is 6.42 Å². The molecule has 1 atom stereocenters. The molecule has 1 N–H and O–H groups in total. The zero-order chi connectivity index (χ0) is 14.7. The average molecular weight is 338 g/mol. The first-order chi connectivity index (χ1) is 10.2. The number of nitrogens with one attached hydrogen (secondary N) is 1. The summed E-state index contributed by atoms with van der Waals surface area (Å²) in [7, 11) is 0. The van der Waals surface area contributed by atoms with E-state index in [9.17, 15) is 0 Å². The normalized spacial score (nSPS) is 17.5. The molecule has 3 rings (SSSR count). The van der Waals surface area contributed by atoms with Gasteiger partial charge in [0.25, 0.3) is 0 Å². The number of fused-ring (bicyclic) bond motifs is 1. The summed E-state index contributed by atoms with van der Waals surface area (Å²) >= 11 is 14.1. The molecule has 0 saturated carbocycles. The van der Waals surface area contributed by atoms with Crippen molar-refractivity contribution in [3.8, 4) is 0 Å². The molecule has 1 nitrogen and oxygen atoms in total. The molecule has 21 heavy (non-hydrogen) atoms. The van der Waals surface area contributed by atoms with Crippen LogP contribution in [0.1, 0.15) is 23.6 Å². The number of hydrogen-bond acceptors (Lipinski definition) is 2. The first-order valence-electron chi connectivity index (χ1n) is 7.13. The van der Waals surface area contributed by atoms with Crippen LogP contribution < -0.4 is 5.32 Å². The molecule has 0 saturated heterocycles. The monoisotopic (exact) mass is 337 g/mol. The Morgan fingerprint density at radius 2 is 2.00 bits per heavy atom. The number of rotatable bonds is 4. The molecule has 0 aromatic heterocycles. The van der Waals surface area contributed by atoms with Gasteiger partial charge < -0.3 is 5.32 Å². The van der Waals surface area contributed by atoms with Crippen LogP contribution in [0.2, 0.25) is 10.0 Å². The molecular formula is C17H17Cl2NS. The quantitative estimate of drug-likeness (QED) is 0.805. The zero-order valence-electron chi connectivity index (χ0n) is 11.6. The van der Waals surface area contributed by atoms with E-state index in [4.69, 9.17) is 23.2 Å². The maximum Gasteiger partial charge on any atom is 0.0453 e. The minimum Gasteiger partial charge on any atom is -0.310 e. The van der Waals surface area contributed by atoms with Crippen LogP contribution in [0.5, 0.6) is 0 Å². The van der Waals surface area contributed by atoms with Gasteiger partial charge in [-0.1, -0.05) is 47.5 Å². The molecule has 0 bridgehead atoms. The minimum atomic E-state index is 0.452. The Morgan fingerprint density at radius 3 is 2.86 bits per heavy atom. The standard InChI is InChI=1S/C17H17Cl2NS/c18-13-6-5-12(15(19)11-13)7-9-20-16-8-10-21-17-4-2-1-3-14(16)17/h1-6,11,16,20H,7-10H2. The van der Waals surface area contributed by atoms with Gasteiger partial charge in [-0.3, -0.25) is 0 Å². The molecule has 1 aliphatic heterocycles. The Hall–Kier alpha value is -0.670. The van der Waals surface area contributed by atoms with E-state index in [1.54, 1.807) is 0 Å². The Morgan fingerprint density at radius 1 is 1.14 bits per heavy atom. The van der Waals surface area contributed by atoms with Gasteiger partial charge in [-0.15, -0.1) is 11.8 Å². The average Bonchev–Trinajstić information content (AvgIpc) is 2.50. The molecule has 1 heterocycles. The van der Waals surface area contributed by atoms with E-state index >= 15 is 0 Å². The molecule has 0 spiro atoms. The highest BCUT2D eigenvalue weighted by Crippen LogP contribution is 2.35. The Balaban J connectivity index is 1.61. The highest BCUT2D eigenvalue weighted by atomic mass is 35.5. The van der Waals surface area contributed by atoms with E-state index < -0.39 is 0 Å². The van der Waals surface area contributed by atoms with Crippen molar-refractivity contribution < 1.29 is 0 Å². The van der Waals surface area contributed by atoms with Crippen molar-refractivity contribution in [1.82, 2.24) is 5.32 Å². The van der Waals surface area contributed by atoms with Crippen LogP contribution in [0.3, 0.4) is 0 Å². The molecule has 0 aliphatic carbocycles. The summed E-state index contributed by atoms with van der Waals surface area (Å²) in [4.78, 5) is 1.41. The Kier molecular flexibility index (Phi) is 5.12. The second-order valence-electron chi connectivity index (χ2n) is 5.17. The lowest BCUT2D eigenvalue weighted by Gasteiger charge is -2.26. The summed E-state index contributed by atoms with van der Waals surface area (Å²) in [5.74, 6) is 1.18. The molecular weight excluding hydrogens is 321 g/mol. The summed E-state index contributed by atoms with van der Waals surface area (Å²) < 4.78 is 0. The number of hydrogen-bond donors (Lipinski definition) is 1. The predicted molar refractivity (Wildman–Crippen MR) is 92.7 cm³/mol. The van der Waals surface area contributed by atoms with Gasteiger partial charge in [-0.05, 0) is 54.5 Å². The molecule has 4 heteroatoms. The van der Waals surface area contributed by atoms with E-state index in [2.05, 4.69) is 29.6 Å². The van der Waals surface area contributed by atoms with Crippen molar-refractivity contribution in [2.24, 2.45) is 0 Å². The van der Waals surface area contributed by atoms with E-state index in [1.807, 2.05) is 30.0 Å². The summed E-state index contributed by atoms with van der Waals surface area (Å²) in [6.07, 6.45) is 2.10.